The van der Waals surface area contributed by atoms with Crippen molar-refractivity contribution in [3.8, 4) is 22.6 Å². The summed E-state index contributed by atoms with van der Waals surface area (Å²) in [6.07, 6.45) is 1.46. The molecule has 8 heteroatoms. The highest BCUT2D eigenvalue weighted by molar-refractivity contribution is 7.92. The van der Waals surface area contributed by atoms with Crippen LogP contribution in [0.1, 0.15) is 5.56 Å². The summed E-state index contributed by atoms with van der Waals surface area (Å²) >= 11 is 0. The Labute approximate surface area is 151 Å². The van der Waals surface area contributed by atoms with Crippen molar-refractivity contribution in [3.63, 3.8) is 0 Å². The number of nitrogens with one attached hydrogen (secondary N) is 1. The van der Waals surface area contributed by atoms with Gasteiger partial charge in [-0.2, -0.15) is 0 Å². The summed E-state index contributed by atoms with van der Waals surface area (Å²) in [5.41, 5.74) is 1.99. The molecule has 0 fully saturated rings. The maximum atomic E-state index is 12.7. The van der Waals surface area contributed by atoms with Gasteiger partial charge in [-0.15, -0.1) is 0 Å². The van der Waals surface area contributed by atoms with Crippen LogP contribution in [-0.4, -0.2) is 27.8 Å². The molecule has 0 spiro atoms. The zero-order chi connectivity index (χ0) is 18.7. The Bertz CT molecular complexity index is 1010. The van der Waals surface area contributed by atoms with E-state index in [2.05, 4.69) is 9.88 Å². The quantitative estimate of drug-likeness (QED) is 0.710. The molecule has 1 heterocycles. The average Bonchev–Trinajstić information content (AvgIpc) is 3.09. The molecule has 2 aromatic carbocycles. The van der Waals surface area contributed by atoms with Gasteiger partial charge in [-0.05, 0) is 48.4 Å². The highest BCUT2D eigenvalue weighted by atomic mass is 32.2. The summed E-state index contributed by atoms with van der Waals surface area (Å²) in [6.45, 7) is 1.77. The van der Waals surface area contributed by atoms with Crippen LogP contribution in [0.5, 0.6) is 11.5 Å². The van der Waals surface area contributed by atoms with Crippen molar-refractivity contribution >= 4 is 15.9 Å². The molecular formula is C18H18N2O5S. The molecule has 0 saturated heterocycles. The highest BCUT2D eigenvalue weighted by Crippen LogP contribution is 2.31. The third-order valence-electron chi connectivity index (χ3n) is 3.88. The minimum atomic E-state index is -3.84. The van der Waals surface area contributed by atoms with Crippen LogP contribution in [0.15, 0.2) is 58.1 Å². The Hall–Kier alpha value is -3.00. The third-order valence-corrected chi connectivity index (χ3v) is 5.20. The van der Waals surface area contributed by atoms with Crippen LogP contribution in [0.25, 0.3) is 11.1 Å². The number of benzene rings is 2. The third kappa shape index (κ3) is 3.50. The number of hydrogen-bond donors (Lipinski definition) is 1. The summed E-state index contributed by atoms with van der Waals surface area (Å²) in [5, 5.41) is 3.71. The van der Waals surface area contributed by atoms with E-state index in [0.717, 1.165) is 5.56 Å². The van der Waals surface area contributed by atoms with E-state index in [4.69, 9.17) is 14.0 Å². The van der Waals surface area contributed by atoms with Crippen molar-refractivity contribution in [2.24, 2.45) is 0 Å². The predicted octanol–water partition coefficient (Wildman–Crippen LogP) is 3.47. The maximum absolute atomic E-state index is 12.7. The first-order valence-corrected chi connectivity index (χ1v) is 9.19. The zero-order valence-electron chi connectivity index (χ0n) is 14.5. The predicted molar refractivity (Wildman–Crippen MR) is 97.0 cm³/mol. The van der Waals surface area contributed by atoms with Gasteiger partial charge in [0.05, 0.1) is 30.9 Å². The van der Waals surface area contributed by atoms with Gasteiger partial charge in [-0.3, -0.25) is 0 Å². The second-order valence-electron chi connectivity index (χ2n) is 5.53. The molecule has 0 aliphatic heterocycles. The van der Waals surface area contributed by atoms with Crippen molar-refractivity contribution in [2.75, 3.05) is 18.9 Å². The van der Waals surface area contributed by atoms with Crippen LogP contribution < -0.4 is 14.2 Å². The lowest BCUT2D eigenvalue weighted by Crippen LogP contribution is -2.13. The van der Waals surface area contributed by atoms with Gasteiger partial charge in [0.25, 0.3) is 10.0 Å². The first-order chi connectivity index (χ1) is 12.4. The molecule has 0 amide bonds. The lowest BCUT2D eigenvalue weighted by molar-refractivity contribution is 0.411. The van der Waals surface area contributed by atoms with Crippen LogP contribution in [0, 0.1) is 6.92 Å². The number of hydrogen-bond acceptors (Lipinski definition) is 6. The number of methoxy groups -OCH3 is 2. The molecule has 0 unspecified atom stereocenters. The number of aromatic nitrogens is 1. The fourth-order valence-corrected chi connectivity index (χ4v) is 3.58. The van der Waals surface area contributed by atoms with Gasteiger partial charge in [-0.25, -0.2) is 13.1 Å². The molecule has 3 aromatic rings. The molecule has 1 aromatic heterocycles. The van der Waals surface area contributed by atoms with Crippen LogP contribution >= 0.6 is 0 Å². The van der Waals surface area contributed by atoms with Crippen molar-refractivity contribution < 1.29 is 22.4 Å². The minimum Gasteiger partial charge on any atom is -0.497 e. The van der Waals surface area contributed by atoms with E-state index in [1.54, 1.807) is 44.4 Å². The fraction of sp³-hybridized carbons (Fsp3) is 0.167. The molecular weight excluding hydrogens is 356 g/mol. The second kappa shape index (κ2) is 7.09. The van der Waals surface area contributed by atoms with E-state index in [1.165, 1.54) is 25.4 Å². The molecule has 0 saturated carbocycles. The monoisotopic (exact) mass is 374 g/mol. The Balaban J connectivity index is 1.91. The molecule has 0 bridgehead atoms. The van der Waals surface area contributed by atoms with Crippen LogP contribution in [0.4, 0.5) is 5.88 Å². The number of anilines is 1. The number of nitrogens with zero attached hydrogens (tertiary/aromatic N) is 1. The molecule has 0 atom stereocenters. The molecule has 1 N–H and O–H groups in total. The van der Waals surface area contributed by atoms with Crippen molar-refractivity contribution in [3.05, 3.63) is 54.2 Å². The first kappa shape index (κ1) is 17.8. The van der Waals surface area contributed by atoms with E-state index in [9.17, 15) is 8.42 Å². The largest absolute Gasteiger partial charge is 0.497 e. The number of aryl methyl sites for hydroxylation is 1. The minimum absolute atomic E-state index is 0.0450. The van der Waals surface area contributed by atoms with E-state index < -0.39 is 10.0 Å². The average molecular weight is 374 g/mol. The number of sulfonamides is 1. The van der Waals surface area contributed by atoms with Crippen LogP contribution in [-0.2, 0) is 10.0 Å². The van der Waals surface area contributed by atoms with Gasteiger partial charge < -0.3 is 14.0 Å². The standard InChI is InChI=1S/C18H18N2O5S/c1-12-10-15(8-9-17(12)24-3)26(21,22)20-18-16(11-19-25-18)13-4-6-14(23-2)7-5-13/h4-11,20H,1-3H3. The van der Waals surface area contributed by atoms with E-state index >= 15 is 0 Å². The molecule has 136 valence electrons. The van der Waals surface area contributed by atoms with E-state index in [1.807, 2.05) is 0 Å². The molecule has 0 aliphatic carbocycles. The van der Waals surface area contributed by atoms with Crippen LogP contribution in [0.3, 0.4) is 0 Å². The summed E-state index contributed by atoms with van der Waals surface area (Å²) in [5.74, 6) is 1.35. The summed E-state index contributed by atoms with van der Waals surface area (Å²) < 4.78 is 43.2. The lowest BCUT2D eigenvalue weighted by Gasteiger charge is -2.10. The van der Waals surface area contributed by atoms with Crippen molar-refractivity contribution in [2.45, 2.75) is 11.8 Å². The van der Waals surface area contributed by atoms with Gasteiger partial charge in [-0.1, -0.05) is 17.3 Å². The Morgan fingerprint density at radius 1 is 1.04 bits per heavy atom. The van der Waals surface area contributed by atoms with E-state index in [-0.39, 0.29) is 10.8 Å². The second-order valence-corrected chi connectivity index (χ2v) is 7.22. The molecule has 0 radical (unpaired) electrons. The van der Waals surface area contributed by atoms with Gasteiger partial charge in [0, 0.05) is 0 Å². The van der Waals surface area contributed by atoms with Crippen molar-refractivity contribution in [1.29, 1.82) is 0 Å². The Kier molecular flexibility index (Phi) is 4.85. The van der Waals surface area contributed by atoms with Gasteiger partial charge in [0.2, 0.25) is 5.88 Å². The summed E-state index contributed by atoms with van der Waals surface area (Å²) in [4.78, 5) is 0.105. The molecule has 3 rings (SSSR count). The number of rotatable bonds is 6. The van der Waals surface area contributed by atoms with Gasteiger partial charge in [0.1, 0.15) is 11.5 Å². The SMILES string of the molecule is COc1ccc(-c2cnoc2NS(=O)(=O)c2ccc(OC)c(C)c2)cc1. The maximum Gasteiger partial charge on any atom is 0.264 e. The van der Waals surface area contributed by atoms with Gasteiger partial charge in [0.15, 0.2) is 0 Å². The molecule has 7 nitrogen and oxygen atoms in total. The normalized spacial score (nSPS) is 11.2. The van der Waals surface area contributed by atoms with E-state index in [0.29, 0.717) is 22.6 Å². The number of ether oxygens (including phenoxy) is 2. The topological polar surface area (TPSA) is 90.7 Å². The van der Waals surface area contributed by atoms with Crippen LogP contribution in [0.2, 0.25) is 0 Å². The zero-order valence-corrected chi connectivity index (χ0v) is 15.3. The molecule has 0 aliphatic rings. The summed E-state index contributed by atoms with van der Waals surface area (Å²) in [7, 11) is -0.732. The van der Waals surface area contributed by atoms with Gasteiger partial charge >= 0.3 is 0 Å². The smallest absolute Gasteiger partial charge is 0.264 e. The highest BCUT2D eigenvalue weighted by Gasteiger charge is 2.20. The summed E-state index contributed by atoms with van der Waals surface area (Å²) in [6, 6.07) is 11.7. The first-order valence-electron chi connectivity index (χ1n) is 7.71. The molecule has 26 heavy (non-hydrogen) atoms. The lowest BCUT2D eigenvalue weighted by atomic mass is 10.1. The fourth-order valence-electron chi connectivity index (χ4n) is 2.49. The Morgan fingerprint density at radius 3 is 2.38 bits per heavy atom. The van der Waals surface area contributed by atoms with Crippen molar-refractivity contribution in [1.82, 2.24) is 5.16 Å². The Morgan fingerprint density at radius 2 is 1.77 bits per heavy atom.